The number of aliphatic carboxylic acids is 1. The van der Waals surface area contributed by atoms with Crippen LogP contribution in [0.2, 0.25) is 0 Å². The zero-order valence-electron chi connectivity index (χ0n) is 11.5. The van der Waals surface area contributed by atoms with Gasteiger partial charge >= 0.3 is 5.97 Å². The molecule has 1 aromatic heterocycles. The van der Waals surface area contributed by atoms with Gasteiger partial charge in [-0.05, 0) is 30.5 Å². The third-order valence-electron chi connectivity index (χ3n) is 3.80. The molecule has 2 N–H and O–H groups in total. The Labute approximate surface area is 122 Å². The Balaban J connectivity index is 1.83. The van der Waals surface area contributed by atoms with E-state index in [1.165, 1.54) is 4.90 Å². The van der Waals surface area contributed by atoms with Crippen molar-refractivity contribution < 1.29 is 14.7 Å². The third-order valence-corrected chi connectivity index (χ3v) is 3.80. The summed E-state index contributed by atoms with van der Waals surface area (Å²) in [4.78, 5) is 28.1. The summed E-state index contributed by atoms with van der Waals surface area (Å²) in [6.07, 6.45) is 1.25. The number of carboxylic acids is 1. The highest BCUT2D eigenvalue weighted by Gasteiger charge is 2.34. The number of nitrogens with one attached hydrogen (secondary N) is 1. The summed E-state index contributed by atoms with van der Waals surface area (Å²) < 4.78 is 0. The van der Waals surface area contributed by atoms with Crippen LogP contribution in [-0.2, 0) is 4.79 Å². The number of rotatable bonds is 3. The Morgan fingerprint density at radius 2 is 1.90 bits per heavy atom. The lowest BCUT2D eigenvalue weighted by atomic mass is 10.2. The van der Waals surface area contributed by atoms with Crippen LogP contribution in [0.25, 0.3) is 11.3 Å². The maximum atomic E-state index is 12.4. The average Bonchev–Trinajstić information content (AvgIpc) is 3.17. The first-order valence-corrected chi connectivity index (χ1v) is 6.95. The van der Waals surface area contributed by atoms with Crippen LogP contribution in [0.15, 0.2) is 42.5 Å². The zero-order valence-corrected chi connectivity index (χ0v) is 11.5. The molecule has 5 nitrogen and oxygen atoms in total. The lowest BCUT2D eigenvalue weighted by Gasteiger charge is -2.20. The van der Waals surface area contributed by atoms with Gasteiger partial charge in [0.25, 0.3) is 5.91 Å². The third kappa shape index (κ3) is 2.54. The number of hydrogen-bond donors (Lipinski definition) is 2. The number of hydrogen-bond acceptors (Lipinski definition) is 2. The highest BCUT2D eigenvalue weighted by atomic mass is 16.4. The van der Waals surface area contributed by atoms with E-state index in [4.69, 9.17) is 5.11 Å². The first kappa shape index (κ1) is 13.4. The highest BCUT2D eigenvalue weighted by Crippen LogP contribution is 2.22. The summed E-state index contributed by atoms with van der Waals surface area (Å²) in [6, 6.07) is 12.5. The second kappa shape index (κ2) is 5.44. The zero-order chi connectivity index (χ0) is 14.8. The van der Waals surface area contributed by atoms with Crippen LogP contribution in [0.4, 0.5) is 0 Å². The summed E-state index contributed by atoms with van der Waals surface area (Å²) in [6.45, 7) is 0.496. The number of aromatic amines is 1. The minimum atomic E-state index is -0.935. The van der Waals surface area contributed by atoms with E-state index >= 15 is 0 Å². The molecule has 2 aromatic rings. The molecule has 0 bridgehead atoms. The first-order chi connectivity index (χ1) is 10.2. The Morgan fingerprint density at radius 3 is 2.62 bits per heavy atom. The molecule has 3 rings (SSSR count). The van der Waals surface area contributed by atoms with Gasteiger partial charge in [-0.1, -0.05) is 30.3 Å². The van der Waals surface area contributed by atoms with E-state index in [1.54, 1.807) is 6.07 Å². The molecule has 0 saturated carbocycles. The molecule has 0 radical (unpaired) electrons. The molecule has 1 atom stereocenters. The lowest BCUT2D eigenvalue weighted by Crippen LogP contribution is -2.40. The van der Waals surface area contributed by atoms with Crippen LogP contribution in [0.1, 0.15) is 23.3 Å². The fourth-order valence-electron chi connectivity index (χ4n) is 2.73. The number of carboxylic acid groups (broad SMARTS) is 1. The van der Waals surface area contributed by atoms with Gasteiger partial charge in [0.05, 0.1) is 0 Å². The summed E-state index contributed by atoms with van der Waals surface area (Å²) in [7, 11) is 0. The molecule has 1 aromatic carbocycles. The Hall–Kier alpha value is -2.56. The van der Waals surface area contributed by atoms with Crippen molar-refractivity contribution in [2.75, 3.05) is 6.54 Å². The van der Waals surface area contributed by atoms with Crippen molar-refractivity contribution in [3.05, 3.63) is 48.2 Å². The van der Waals surface area contributed by atoms with Gasteiger partial charge in [-0.3, -0.25) is 4.79 Å². The van der Waals surface area contributed by atoms with Crippen LogP contribution in [-0.4, -0.2) is 39.5 Å². The van der Waals surface area contributed by atoms with Crippen molar-refractivity contribution in [1.29, 1.82) is 0 Å². The van der Waals surface area contributed by atoms with E-state index in [1.807, 2.05) is 36.4 Å². The van der Waals surface area contributed by atoms with Gasteiger partial charge in [-0.15, -0.1) is 0 Å². The first-order valence-electron chi connectivity index (χ1n) is 6.95. The fourth-order valence-corrected chi connectivity index (χ4v) is 2.73. The van der Waals surface area contributed by atoms with Crippen LogP contribution < -0.4 is 0 Å². The maximum absolute atomic E-state index is 12.4. The largest absolute Gasteiger partial charge is 0.480 e. The van der Waals surface area contributed by atoms with Crippen molar-refractivity contribution in [2.24, 2.45) is 0 Å². The van der Waals surface area contributed by atoms with Crippen LogP contribution in [0.5, 0.6) is 0 Å². The molecule has 21 heavy (non-hydrogen) atoms. The number of nitrogens with zero attached hydrogens (tertiary/aromatic N) is 1. The SMILES string of the molecule is O=C(O)C1CCCN1C(=O)c1ccc(-c2ccccc2)[nH]1. The van der Waals surface area contributed by atoms with Crippen molar-refractivity contribution in [3.8, 4) is 11.3 Å². The molecule has 1 fully saturated rings. The molecule has 5 heteroatoms. The van der Waals surface area contributed by atoms with E-state index in [9.17, 15) is 9.59 Å². The molecule has 1 aliphatic heterocycles. The fraction of sp³-hybridized carbons (Fsp3) is 0.250. The standard InChI is InChI=1S/C16H16N2O3/c19-15(18-10-4-7-14(18)16(20)21)13-9-8-12(17-13)11-5-2-1-3-6-11/h1-3,5-6,8-9,14,17H,4,7,10H2,(H,20,21). The highest BCUT2D eigenvalue weighted by molar-refractivity contribution is 5.96. The number of likely N-dealkylation sites (tertiary alicyclic amines) is 1. The molecule has 1 aliphatic rings. The van der Waals surface area contributed by atoms with E-state index in [0.29, 0.717) is 18.7 Å². The number of H-pyrrole nitrogens is 1. The quantitative estimate of drug-likeness (QED) is 0.908. The number of amides is 1. The summed E-state index contributed by atoms with van der Waals surface area (Å²) in [5.41, 5.74) is 2.28. The van der Waals surface area contributed by atoms with E-state index in [0.717, 1.165) is 17.7 Å². The molecule has 2 heterocycles. The number of carbonyl (C=O) groups is 2. The molecule has 0 spiro atoms. The normalized spacial score (nSPS) is 17.9. The molecule has 0 aliphatic carbocycles. The molecule has 1 unspecified atom stereocenters. The van der Waals surface area contributed by atoms with Crippen LogP contribution in [0, 0.1) is 0 Å². The van der Waals surface area contributed by atoms with Crippen molar-refractivity contribution in [3.63, 3.8) is 0 Å². The van der Waals surface area contributed by atoms with Gasteiger partial charge in [0.2, 0.25) is 0 Å². The Kier molecular flexibility index (Phi) is 3.48. The van der Waals surface area contributed by atoms with E-state index in [-0.39, 0.29) is 5.91 Å². The predicted molar refractivity (Wildman–Crippen MR) is 77.9 cm³/mol. The number of carbonyl (C=O) groups excluding carboxylic acids is 1. The molecular formula is C16H16N2O3. The summed E-state index contributed by atoms with van der Waals surface area (Å²) in [5, 5.41) is 9.16. The average molecular weight is 284 g/mol. The molecule has 1 amide bonds. The second-order valence-corrected chi connectivity index (χ2v) is 5.15. The Bertz CT molecular complexity index is 663. The molecule has 108 valence electrons. The minimum Gasteiger partial charge on any atom is -0.480 e. The van der Waals surface area contributed by atoms with Gasteiger partial charge in [-0.25, -0.2) is 4.79 Å². The summed E-state index contributed by atoms with van der Waals surface area (Å²) >= 11 is 0. The smallest absolute Gasteiger partial charge is 0.326 e. The second-order valence-electron chi connectivity index (χ2n) is 5.15. The molecular weight excluding hydrogens is 268 g/mol. The number of benzene rings is 1. The topological polar surface area (TPSA) is 73.4 Å². The van der Waals surface area contributed by atoms with Crippen molar-refractivity contribution in [2.45, 2.75) is 18.9 Å². The van der Waals surface area contributed by atoms with Gasteiger partial charge < -0.3 is 15.0 Å². The van der Waals surface area contributed by atoms with Crippen molar-refractivity contribution >= 4 is 11.9 Å². The van der Waals surface area contributed by atoms with Gasteiger partial charge in [0.1, 0.15) is 11.7 Å². The maximum Gasteiger partial charge on any atom is 0.326 e. The Morgan fingerprint density at radius 1 is 1.14 bits per heavy atom. The van der Waals surface area contributed by atoms with Gasteiger partial charge in [-0.2, -0.15) is 0 Å². The van der Waals surface area contributed by atoms with Gasteiger partial charge in [0.15, 0.2) is 0 Å². The summed E-state index contributed by atoms with van der Waals surface area (Å²) in [5.74, 6) is -1.18. The number of aromatic nitrogens is 1. The van der Waals surface area contributed by atoms with E-state index < -0.39 is 12.0 Å². The molecule has 1 saturated heterocycles. The lowest BCUT2D eigenvalue weighted by molar-refractivity contribution is -0.141. The van der Waals surface area contributed by atoms with Gasteiger partial charge in [0, 0.05) is 12.2 Å². The minimum absolute atomic E-state index is 0.248. The predicted octanol–water partition coefficient (Wildman–Crippen LogP) is 2.37. The van der Waals surface area contributed by atoms with Crippen LogP contribution in [0.3, 0.4) is 0 Å². The van der Waals surface area contributed by atoms with Crippen molar-refractivity contribution in [1.82, 2.24) is 9.88 Å². The monoisotopic (exact) mass is 284 g/mol. The van der Waals surface area contributed by atoms with Crippen LogP contribution >= 0.6 is 0 Å². The van der Waals surface area contributed by atoms with E-state index in [2.05, 4.69) is 4.98 Å².